The van der Waals surface area contributed by atoms with E-state index in [2.05, 4.69) is 20.8 Å². The number of rotatable bonds is 7. The zero-order valence-electron chi connectivity index (χ0n) is 17.4. The van der Waals surface area contributed by atoms with Gasteiger partial charge in [-0.15, -0.1) is 5.10 Å². The van der Waals surface area contributed by atoms with Gasteiger partial charge in [-0.3, -0.25) is 4.79 Å². The maximum atomic E-state index is 13.5. The summed E-state index contributed by atoms with van der Waals surface area (Å²) >= 11 is 0. The average molecular weight is 425 g/mol. The first-order chi connectivity index (χ1) is 15.1. The first-order valence-corrected chi connectivity index (χ1v) is 10.1. The fraction of sp³-hybridized carbons (Fsp3) is 0.364. The predicted octanol–water partition coefficient (Wildman–Crippen LogP) is 2.63. The van der Waals surface area contributed by atoms with Crippen LogP contribution in [0.15, 0.2) is 48.8 Å². The van der Waals surface area contributed by atoms with Crippen molar-refractivity contribution in [3.63, 3.8) is 0 Å². The van der Waals surface area contributed by atoms with Gasteiger partial charge in [-0.1, -0.05) is 12.1 Å². The van der Waals surface area contributed by atoms with Crippen molar-refractivity contribution in [2.75, 3.05) is 14.2 Å². The maximum absolute atomic E-state index is 13.5. The van der Waals surface area contributed by atoms with Crippen molar-refractivity contribution >= 4 is 5.97 Å². The van der Waals surface area contributed by atoms with Crippen LogP contribution in [-0.2, 0) is 16.1 Å². The zero-order valence-corrected chi connectivity index (χ0v) is 17.4. The van der Waals surface area contributed by atoms with Crippen LogP contribution in [0.1, 0.15) is 29.9 Å². The third-order valence-corrected chi connectivity index (χ3v) is 5.85. The SMILES string of the molecule is COC(=O)C1CCC(NCc2cc(-n3cnnn3)ccc2OC)C1c1ccc(F)cc1. The third-order valence-electron chi connectivity index (χ3n) is 5.85. The minimum absolute atomic E-state index is 0.0240. The van der Waals surface area contributed by atoms with Gasteiger partial charge in [0.15, 0.2) is 0 Å². The molecule has 0 bridgehead atoms. The molecule has 1 aromatic heterocycles. The van der Waals surface area contributed by atoms with Crippen LogP contribution in [0, 0.1) is 11.7 Å². The largest absolute Gasteiger partial charge is 0.496 e. The Bertz CT molecular complexity index is 1030. The number of tetrazole rings is 1. The molecule has 4 rings (SSSR count). The molecule has 1 saturated carbocycles. The molecule has 9 heteroatoms. The van der Waals surface area contributed by atoms with Gasteiger partial charge in [-0.2, -0.15) is 0 Å². The number of hydrogen-bond donors (Lipinski definition) is 1. The van der Waals surface area contributed by atoms with E-state index in [1.807, 2.05) is 18.2 Å². The van der Waals surface area contributed by atoms with E-state index < -0.39 is 0 Å². The molecule has 1 heterocycles. The van der Waals surface area contributed by atoms with Gasteiger partial charge in [0.1, 0.15) is 17.9 Å². The molecule has 1 fully saturated rings. The van der Waals surface area contributed by atoms with Gasteiger partial charge in [0.25, 0.3) is 0 Å². The molecule has 0 amide bonds. The Morgan fingerprint density at radius 3 is 2.68 bits per heavy atom. The van der Waals surface area contributed by atoms with Crippen molar-refractivity contribution < 1.29 is 18.7 Å². The number of aromatic nitrogens is 4. The summed E-state index contributed by atoms with van der Waals surface area (Å²) in [4.78, 5) is 12.4. The van der Waals surface area contributed by atoms with E-state index in [1.165, 1.54) is 25.6 Å². The standard InChI is InChI=1S/C22H24FN5O3/c1-30-20-10-7-17(28-13-25-26-27-28)11-15(20)12-24-19-9-8-18(22(29)31-2)21(19)14-3-5-16(23)6-4-14/h3-7,10-11,13,18-19,21,24H,8-9,12H2,1-2H3. The van der Waals surface area contributed by atoms with Crippen LogP contribution in [0.5, 0.6) is 5.75 Å². The second-order valence-electron chi connectivity index (χ2n) is 7.52. The van der Waals surface area contributed by atoms with Crippen LogP contribution in [0.2, 0.25) is 0 Å². The number of nitrogens with one attached hydrogen (secondary N) is 1. The molecule has 1 aliphatic carbocycles. The highest BCUT2D eigenvalue weighted by Gasteiger charge is 2.41. The van der Waals surface area contributed by atoms with Crippen LogP contribution in [-0.4, -0.2) is 46.4 Å². The van der Waals surface area contributed by atoms with Gasteiger partial charge in [0.2, 0.25) is 0 Å². The molecule has 3 atom stereocenters. The molecule has 1 N–H and O–H groups in total. The number of ether oxygens (including phenoxy) is 2. The maximum Gasteiger partial charge on any atom is 0.309 e. The van der Waals surface area contributed by atoms with E-state index in [1.54, 1.807) is 23.9 Å². The molecule has 8 nitrogen and oxygen atoms in total. The molecule has 0 aliphatic heterocycles. The third kappa shape index (κ3) is 4.41. The van der Waals surface area contributed by atoms with Gasteiger partial charge in [-0.25, -0.2) is 9.07 Å². The quantitative estimate of drug-likeness (QED) is 0.582. The summed E-state index contributed by atoms with van der Waals surface area (Å²) in [6.45, 7) is 0.523. The number of hydrogen-bond acceptors (Lipinski definition) is 7. The number of benzene rings is 2. The number of carbonyl (C=O) groups excluding carboxylic acids is 1. The summed E-state index contributed by atoms with van der Waals surface area (Å²) in [6, 6.07) is 12.1. The Balaban J connectivity index is 1.57. The molecule has 3 unspecified atom stereocenters. The van der Waals surface area contributed by atoms with Crippen molar-refractivity contribution in [2.45, 2.75) is 31.3 Å². The zero-order chi connectivity index (χ0) is 21.8. The van der Waals surface area contributed by atoms with Gasteiger partial charge < -0.3 is 14.8 Å². The predicted molar refractivity (Wildman–Crippen MR) is 110 cm³/mol. The summed E-state index contributed by atoms with van der Waals surface area (Å²) in [5.74, 6) is -0.184. The van der Waals surface area contributed by atoms with Crippen LogP contribution in [0.25, 0.3) is 5.69 Å². The lowest BCUT2D eigenvalue weighted by Crippen LogP contribution is -2.34. The Labute approximate surface area is 179 Å². The molecule has 0 radical (unpaired) electrons. The van der Waals surface area contributed by atoms with E-state index in [4.69, 9.17) is 9.47 Å². The minimum Gasteiger partial charge on any atom is -0.496 e. The molecule has 1 aliphatic rings. The molecule has 2 aromatic carbocycles. The van der Waals surface area contributed by atoms with Crippen molar-refractivity contribution in [1.82, 2.24) is 25.5 Å². The highest BCUT2D eigenvalue weighted by atomic mass is 19.1. The fourth-order valence-corrected chi connectivity index (χ4v) is 4.36. The molecule has 31 heavy (non-hydrogen) atoms. The highest BCUT2D eigenvalue weighted by Crippen LogP contribution is 2.41. The smallest absolute Gasteiger partial charge is 0.309 e. The van der Waals surface area contributed by atoms with Crippen molar-refractivity contribution in [3.05, 3.63) is 65.7 Å². The Morgan fingerprint density at radius 2 is 2.00 bits per heavy atom. The number of nitrogens with zero attached hydrogens (tertiary/aromatic N) is 4. The van der Waals surface area contributed by atoms with Crippen LogP contribution >= 0.6 is 0 Å². The molecule has 0 saturated heterocycles. The summed E-state index contributed by atoms with van der Waals surface area (Å²) in [6.07, 6.45) is 3.03. The van der Waals surface area contributed by atoms with Gasteiger partial charge >= 0.3 is 5.97 Å². The second kappa shape index (κ2) is 9.22. The minimum atomic E-state index is -0.301. The van der Waals surface area contributed by atoms with Gasteiger partial charge in [-0.05, 0) is 59.2 Å². The molecule has 3 aromatic rings. The average Bonchev–Trinajstić information content (AvgIpc) is 3.48. The van der Waals surface area contributed by atoms with Crippen LogP contribution in [0.3, 0.4) is 0 Å². The first-order valence-electron chi connectivity index (χ1n) is 10.1. The van der Waals surface area contributed by atoms with E-state index in [0.717, 1.165) is 29.0 Å². The van der Waals surface area contributed by atoms with Crippen LogP contribution in [0.4, 0.5) is 4.39 Å². The summed E-state index contributed by atoms with van der Waals surface area (Å²) in [7, 11) is 3.03. The Hall–Kier alpha value is -3.33. The van der Waals surface area contributed by atoms with E-state index in [9.17, 15) is 9.18 Å². The number of halogens is 1. The Kier molecular flexibility index (Phi) is 6.22. The second-order valence-corrected chi connectivity index (χ2v) is 7.52. The van der Waals surface area contributed by atoms with E-state index in [-0.39, 0.29) is 29.7 Å². The molecular formula is C22H24FN5O3. The lowest BCUT2D eigenvalue weighted by molar-refractivity contribution is -0.145. The molecular weight excluding hydrogens is 401 g/mol. The van der Waals surface area contributed by atoms with E-state index in [0.29, 0.717) is 13.0 Å². The summed E-state index contributed by atoms with van der Waals surface area (Å²) in [5.41, 5.74) is 2.67. The van der Waals surface area contributed by atoms with Crippen molar-refractivity contribution in [1.29, 1.82) is 0 Å². The molecule has 162 valence electrons. The van der Waals surface area contributed by atoms with E-state index >= 15 is 0 Å². The number of methoxy groups -OCH3 is 2. The van der Waals surface area contributed by atoms with Crippen molar-refractivity contribution in [2.24, 2.45) is 5.92 Å². The topological polar surface area (TPSA) is 91.2 Å². The first kappa shape index (κ1) is 20.9. The van der Waals surface area contributed by atoms with Crippen molar-refractivity contribution in [3.8, 4) is 11.4 Å². The fourth-order valence-electron chi connectivity index (χ4n) is 4.36. The van der Waals surface area contributed by atoms with Crippen LogP contribution < -0.4 is 10.1 Å². The Morgan fingerprint density at radius 1 is 1.19 bits per heavy atom. The van der Waals surface area contributed by atoms with Gasteiger partial charge in [0, 0.05) is 24.1 Å². The van der Waals surface area contributed by atoms with Gasteiger partial charge in [0.05, 0.1) is 25.8 Å². The summed E-state index contributed by atoms with van der Waals surface area (Å²) in [5, 5.41) is 14.9. The molecule has 0 spiro atoms. The highest BCUT2D eigenvalue weighted by molar-refractivity contribution is 5.74. The monoisotopic (exact) mass is 425 g/mol. The number of esters is 1. The normalized spacial score (nSPS) is 20.5. The lowest BCUT2D eigenvalue weighted by atomic mass is 9.86. The number of carbonyl (C=O) groups is 1. The lowest BCUT2D eigenvalue weighted by Gasteiger charge is -2.25. The summed E-state index contributed by atoms with van der Waals surface area (Å²) < 4.78 is 25.6.